The van der Waals surface area contributed by atoms with E-state index in [9.17, 15) is 0 Å². The molecule has 0 spiro atoms. The molecule has 2 rings (SSSR count). The van der Waals surface area contributed by atoms with Gasteiger partial charge >= 0.3 is 0 Å². The van der Waals surface area contributed by atoms with Gasteiger partial charge in [-0.25, -0.2) is 9.67 Å². The lowest BCUT2D eigenvalue weighted by molar-refractivity contribution is 0.296. The summed E-state index contributed by atoms with van der Waals surface area (Å²) in [4.78, 5) is 3.99. The monoisotopic (exact) mass is 243 g/mol. The van der Waals surface area contributed by atoms with E-state index in [2.05, 4.69) is 55.1 Å². The average Bonchev–Trinajstić information content (AvgIpc) is 2.93. The van der Waals surface area contributed by atoms with Crippen molar-refractivity contribution in [3.63, 3.8) is 0 Å². The highest BCUT2D eigenvalue weighted by Gasteiger charge is 2.20. The third kappa shape index (κ3) is 2.78. The molecule has 3 nitrogen and oxygen atoms in total. The summed E-state index contributed by atoms with van der Waals surface area (Å²) in [5.74, 6) is 0. The van der Waals surface area contributed by atoms with Gasteiger partial charge in [-0.1, -0.05) is 45.7 Å². The van der Waals surface area contributed by atoms with Gasteiger partial charge in [0.15, 0.2) is 0 Å². The lowest BCUT2D eigenvalue weighted by Gasteiger charge is -2.26. The molecule has 0 atom stereocenters. The lowest BCUT2D eigenvalue weighted by Crippen LogP contribution is -2.17. The van der Waals surface area contributed by atoms with Gasteiger partial charge in [0.25, 0.3) is 0 Å². The predicted octanol–water partition coefficient (Wildman–Crippen LogP) is 3.64. The van der Waals surface area contributed by atoms with Crippen molar-refractivity contribution in [3.8, 4) is 5.69 Å². The Kier molecular flexibility index (Phi) is 3.80. The summed E-state index contributed by atoms with van der Waals surface area (Å²) in [5.41, 5.74) is 2.84. The number of hydrogen-bond donors (Lipinski definition) is 0. The maximum atomic E-state index is 4.17. The topological polar surface area (TPSA) is 30.7 Å². The van der Waals surface area contributed by atoms with E-state index in [1.165, 1.54) is 18.4 Å². The van der Waals surface area contributed by atoms with E-state index >= 15 is 0 Å². The number of hydrogen-bond acceptors (Lipinski definition) is 2. The van der Waals surface area contributed by atoms with Crippen LogP contribution in [0.5, 0.6) is 0 Å². The van der Waals surface area contributed by atoms with Gasteiger partial charge in [-0.3, -0.25) is 0 Å². The Morgan fingerprint density at radius 3 is 2.61 bits per heavy atom. The minimum absolute atomic E-state index is 0.390. The van der Waals surface area contributed by atoms with Crippen molar-refractivity contribution in [2.24, 2.45) is 5.41 Å². The van der Waals surface area contributed by atoms with Crippen LogP contribution < -0.4 is 0 Å². The summed E-state index contributed by atoms with van der Waals surface area (Å²) >= 11 is 0. The van der Waals surface area contributed by atoms with Gasteiger partial charge in [0.2, 0.25) is 0 Å². The molecule has 0 saturated carbocycles. The predicted molar refractivity (Wildman–Crippen MR) is 73.8 cm³/mol. The zero-order valence-corrected chi connectivity index (χ0v) is 11.4. The molecule has 18 heavy (non-hydrogen) atoms. The molecule has 0 bridgehead atoms. The summed E-state index contributed by atoms with van der Waals surface area (Å²) in [7, 11) is 0. The Labute approximate surface area is 109 Å². The molecule has 1 heterocycles. The summed E-state index contributed by atoms with van der Waals surface area (Å²) < 4.78 is 1.80. The van der Waals surface area contributed by atoms with Crippen molar-refractivity contribution >= 4 is 0 Å². The van der Waals surface area contributed by atoms with Gasteiger partial charge in [0.1, 0.15) is 12.7 Å². The van der Waals surface area contributed by atoms with Gasteiger partial charge in [-0.15, -0.1) is 0 Å². The van der Waals surface area contributed by atoms with Crippen LogP contribution in [0, 0.1) is 5.41 Å². The van der Waals surface area contributed by atoms with E-state index in [-0.39, 0.29) is 0 Å². The zero-order chi connectivity index (χ0) is 13.0. The molecule has 3 heteroatoms. The SMILES string of the molecule is CCC(C)(CC)Cc1cccc(-n2cncn2)c1. The second kappa shape index (κ2) is 5.34. The standard InChI is InChI=1S/C15H21N3/c1-4-15(3,5-2)10-13-7-6-8-14(9-13)18-12-16-11-17-18/h6-9,11-12H,4-5,10H2,1-3H3. The molecular weight excluding hydrogens is 222 g/mol. The average molecular weight is 243 g/mol. The summed E-state index contributed by atoms with van der Waals surface area (Å²) in [6.07, 6.45) is 6.82. The van der Waals surface area contributed by atoms with Crippen LogP contribution in [0.3, 0.4) is 0 Å². The molecule has 0 aliphatic carbocycles. The van der Waals surface area contributed by atoms with Crippen LogP contribution in [0.25, 0.3) is 5.69 Å². The van der Waals surface area contributed by atoms with Crippen LogP contribution in [0.1, 0.15) is 39.2 Å². The first kappa shape index (κ1) is 12.8. The second-order valence-electron chi connectivity index (χ2n) is 5.20. The smallest absolute Gasteiger partial charge is 0.138 e. The van der Waals surface area contributed by atoms with Crippen LogP contribution in [0.4, 0.5) is 0 Å². The quantitative estimate of drug-likeness (QED) is 0.802. The summed E-state index contributed by atoms with van der Waals surface area (Å²) in [6.45, 7) is 6.89. The van der Waals surface area contributed by atoms with Gasteiger partial charge in [0, 0.05) is 0 Å². The largest absolute Gasteiger partial charge is 0.223 e. The van der Waals surface area contributed by atoms with Crippen LogP contribution in [-0.4, -0.2) is 14.8 Å². The van der Waals surface area contributed by atoms with Crippen molar-refractivity contribution < 1.29 is 0 Å². The normalized spacial score (nSPS) is 11.7. The first-order valence-corrected chi connectivity index (χ1v) is 6.61. The fourth-order valence-corrected chi connectivity index (χ4v) is 2.14. The highest BCUT2D eigenvalue weighted by Crippen LogP contribution is 2.30. The van der Waals surface area contributed by atoms with Gasteiger partial charge < -0.3 is 0 Å². The first-order valence-electron chi connectivity index (χ1n) is 6.61. The van der Waals surface area contributed by atoms with Crippen molar-refractivity contribution in [2.75, 3.05) is 0 Å². The van der Waals surface area contributed by atoms with Crippen LogP contribution in [0.2, 0.25) is 0 Å². The Balaban J connectivity index is 2.23. The summed E-state index contributed by atoms with van der Waals surface area (Å²) in [6, 6.07) is 8.56. The van der Waals surface area contributed by atoms with Crippen LogP contribution >= 0.6 is 0 Å². The van der Waals surface area contributed by atoms with Crippen molar-refractivity contribution in [3.05, 3.63) is 42.5 Å². The number of nitrogens with zero attached hydrogens (tertiary/aromatic N) is 3. The third-order valence-corrected chi connectivity index (χ3v) is 3.93. The fraction of sp³-hybridized carbons (Fsp3) is 0.467. The van der Waals surface area contributed by atoms with Gasteiger partial charge in [0.05, 0.1) is 5.69 Å². The Bertz CT molecular complexity index is 484. The first-order chi connectivity index (χ1) is 8.67. The molecule has 1 aromatic heterocycles. The van der Waals surface area contributed by atoms with Crippen LogP contribution in [-0.2, 0) is 6.42 Å². The van der Waals surface area contributed by atoms with Crippen molar-refractivity contribution in [1.29, 1.82) is 0 Å². The van der Waals surface area contributed by atoms with E-state index in [1.54, 1.807) is 17.3 Å². The maximum absolute atomic E-state index is 4.17. The van der Waals surface area contributed by atoms with Gasteiger partial charge in [-0.05, 0) is 29.5 Å². The van der Waals surface area contributed by atoms with E-state index in [0.29, 0.717) is 5.41 Å². The number of rotatable bonds is 5. The maximum Gasteiger partial charge on any atom is 0.138 e. The lowest BCUT2D eigenvalue weighted by atomic mass is 9.79. The van der Waals surface area contributed by atoms with E-state index in [4.69, 9.17) is 0 Å². The van der Waals surface area contributed by atoms with Crippen LogP contribution in [0.15, 0.2) is 36.9 Å². The number of benzene rings is 1. The molecule has 0 unspecified atom stereocenters. The second-order valence-corrected chi connectivity index (χ2v) is 5.20. The molecule has 0 fully saturated rings. The van der Waals surface area contributed by atoms with E-state index in [0.717, 1.165) is 12.1 Å². The Hall–Kier alpha value is -1.64. The molecule has 0 aliphatic heterocycles. The minimum atomic E-state index is 0.390. The molecular formula is C15H21N3. The molecule has 1 aromatic carbocycles. The third-order valence-electron chi connectivity index (χ3n) is 3.93. The molecule has 0 radical (unpaired) electrons. The number of aromatic nitrogens is 3. The summed E-state index contributed by atoms with van der Waals surface area (Å²) in [5, 5.41) is 4.17. The Morgan fingerprint density at radius 1 is 1.22 bits per heavy atom. The molecule has 0 N–H and O–H groups in total. The molecule has 96 valence electrons. The molecule has 0 saturated heterocycles. The highest BCUT2D eigenvalue weighted by atomic mass is 15.3. The van der Waals surface area contributed by atoms with E-state index in [1.807, 2.05) is 0 Å². The van der Waals surface area contributed by atoms with Crippen molar-refractivity contribution in [2.45, 2.75) is 40.0 Å². The molecule has 0 aliphatic rings. The van der Waals surface area contributed by atoms with E-state index < -0.39 is 0 Å². The Morgan fingerprint density at radius 2 is 2.00 bits per heavy atom. The molecule has 0 amide bonds. The highest BCUT2D eigenvalue weighted by molar-refractivity contribution is 5.35. The minimum Gasteiger partial charge on any atom is -0.223 e. The van der Waals surface area contributed by atoms with Gasteiger partial charge in [-0.2, -0.15) is 5.10 Å². The zero-order valence-electron chi connectivity index (χ0n) is 11.4. The van der Waals surface area contributed by atoms with Crippen molar-refractivity contribution in [1.82, 2.24) is 14.8 Å². The fourth-order valence-electron chi connectivity index (χ4n) is 2.14. The molecule has 2 aromatic rings.